The second-order valence-corrected chi connectivity index (χ2v) is 7.95. The molecule has 0 saturated heterocycles. The molecule has 2 N–H and O–H groups in total. The molecule has 9 heteroatoms. The maximum absolute atomic E-state index is 12.9. The highest BCUT2D eigenvalue weighted by Crippen LogP contribution is 2.17. The van der Waals surface area contributed by atoms with Crippen LogP contribution in [0.1, 0.15) is 21.6 Å². The lowest BCUT2D eigenvalue weighted by Gasteiger charge is -2.09. The molecule has 2 amide bonds. The molecule has 0 saturated carbocycles. The molecule has 9 nitrogen and oxygen atoms in total. The van der Waals surface area contributed by atoms with Gasteiger partial charge in [0.1, 0.15) is 5.70 Å². The fraction of sp³-hybridized carbons (Fsp3) is 0. The van der Waals surface area contributed by atoms with Gasteiger partial charge in [-0.3, -0.25) is 19.7 Å². The Hall–Kier alpha value is -5.57. The van der Waals surface area contributed by atoms with Gasteiger partial charge in [-0.15, -0.1) is 0 Å². The second kappa shape index (κ2) is 12.4. The molecule has 1 aromatic heterocycles. The molecule has 3 aromatic carbocycles. The van der Waals surface area contributed by atoms with Gasteiger partial charge in [0.05, 0.1) is 16.8 Å². The van der Waals surface area contributed by atoms with Gasteiger partial charge in [-0.1, -0.05) is 60.7 Å². The molecule has 1 heterocycles. The fourth-order valence-corrected chi connectivity index (χ4v) is 3.46. The van der Waals surface area contributed by atoms with Gasteiger partial charge in [-0.2, -0.15) is 5.10 Å². The number of hydrazone groups is 1. The van der Waals surface area contributed by atoms with E-state index in [4.69, 9.17) is 0 Å². The number of hydrogen-bond donors (Lipinski definition) is 2. The normalized spacial score (nSPS) is 11.5. The smallest absolute Gasteiger partial charge is 0.287 e. The Labute approximate surface area is 218 Å². The zero-order valence-corrected chi connectivity index (χ0v) is 20.1. The predicted molar refractivity (Wildman–Crippen MR) is 146 cm³/mol. The van der Waals surface area contributed by atoms with Crippen LogP contribution in [-0.2, 0) is 4.79 Å². The van der Waals surface area contributed by atoms with Crippen molar-refractivity contribution in [1.82, 2.24) is 15.3 Å². The van der Waals surface area contributed by atoms with Crippen molar-refractivity contribution < 1.29 is 14.5 Å². The quantitative estimate of drug-likeness (QED) is 0.111. The summed E-state index contributed by atoms with van der Waals surface area (Å²) in [6.07, 6.45) is 8.18. The summed E-state index contributed by atoms with van der Waals surface area (Å²) >= 11 is 0. The molecule has 0 unspecified atom stereocenters. The lowest BCUT2D eigenvalue weighted by molar-refractivity contribution is -0.384. The Bertz CT molecular complexity index is 1510. The van der Waals surface area contributed by atoms with Gasteiger partial charge in [0.25, 0.3) is 17.5 Å². The second-order valence-electron chi connectivity index (χ2n) is 7.95. The van der Waals surface area contributed by atoms with Crippen molar-refractivity contribution in [3.63, 3.8) is 0 Å². The summed E-state index contributed by atoms with van der Waals surface area (Å²) in [6.45, 7) is 0. The molecular formula is C29H23N5O4. The van der Waals surface area contributed by atoms with Gasteiger partial charge < -0.3 is 9.88 Å². The molecular weight excluding hydrogens is 482 g/mol. The van der Waals surface area contributed by atoms with Crippen LogP contribution in [0.5, 0.6) is 0 Å². The first-order valence-electron chi connectivity index (χ1n) is 11.6. The summed E-state index contributed by atoms with van der Waals surface area (Å²) < 4.78 is 1.76. The Morgan fingerprint density at radius 3 is 2.24 bits per heavy atom. The number of non-ortho nitro benzene ring substituents is 1. The number of nitrogens with one attached hydrogen (secondary N) is 2. The van der Waals surface area contributed by atoms with Crippen molar-refractivity contribution in [3.05, 3.63) is 148 Å². The van der Waals surface area contributed by atoms with Crippen molar-refractivity contribution in [2.45, 2.75) is 0 Å². The van der Waals surface area contributed by atoms with E-state index in [0.717, 1.165) is 5.56 Å². The highest BCUT2D eigenvalue weighted by atomic mass is 16.6. The number of carbonyl (C=O) groups is 2. The van der Waals surface area contributed by atoms with Gasteiger partial charge in [0, 0.05) is 29.6 Å². The third kappa shape index (κ3) is 6.76. The summed E-state index contributed by atoms with van der Waals surface area (Å²) in [6, 6.07) is 27.7. The molecule has 0 fully saturated rings. The van der Waals surface area contributed by atoms with Crippen LogP contribution in [0.3, 0.4) is 0 Å². The molecule has 4 aromatic rings. The van der Waals surface area contributed by atoms with E-state index in [9.17, 15) is 19.7 Å². The van der Waals surface area contributed by atoms with E-state index in [1.54, 1.807) is 71.4 Å². The first-order valence-corrected chi connectivity index (χ1v) is 11.6. The summed E-state index contributed by atoms with van der Waals surface area (Å²) in [7, 11) is 0. The molecule has 0 radical (unpaired) electrons. The van der Waals surface area contributed by atoms with Gasteiger partial charge in [0.2, 0.25) is 0 Å². The number of nitro groups is 1. The third-order valence-corrected chi connectivity index (χ3v) is 5.36. The zero-order valence-electron chi connectivity index (χ0n) is 20.1. The average Bonchev–Trinajstić information content (AvgIpc) is 3.42. The topological polar surface area (TPSA) is 119 Å². The minimum absolute atomic E-state index is 0.00827. The zero-order chi connectivity index (χ0) is 26.7. The van der Waals surface area contributed by atoms with Crippen LogP contribution < -0.4 is 10.7 Å². The Kier molecular flexibility index (Phi) is 8.33. The number of allylic oxidation sites excluding steroid dienone is 2. The number of nitro benzene ring substituents is 1. The predicted octanol–water partition coefficient (Wildman–Crippen LogP) is 4.86. The highest BCUT2D eigenvalue weighted by Gasteiger charge is 2.13. The van der Waals surface area contributed by atoms with Crippen molar-refractivity contribution in [2.24, 2.45) is 5.10 Å². The van der Waals surface area contributed by atoms with E-state index in [0.29, 0.717) is 16.9 Å². The van der Waals surface area contributed by atoms with Crippen molar-refractivity contribution in [3.8, 4) is 5.69 Å². The maximum atomic E-state index is 12.9. The minimum Gasteiger partial charge on any atom is -0.317 e. The monoisotopic (exact) mass is 505 g/mol. The first-order chi connectivity index (χ1) is 18.5. The van der Waals surface area contributed by atoms with Gasteiger partial charge >= 0.3 is 0 Å². The Morgan fingerprint density at radius 1 is 0.868 bits per heavy atom. The number of nitrogens with zero attached hydrogens (tertiary/aromatic N) is 3. The number of amides is 2. The van der Waals surface area contributed by atoms with Crippen LogP contribution in [0, 0.1) is 10.1 Å². The number of carbonyl (C=O) groups excluding carboxylic acids is 2. The van der Waals surface area contributed by atoms with E-state index in [1.165, 1.54) is 24.4 Å². The molecule has 4 rings (SSSR count). The summed E-state index contributed by atoms with van der Waals surface area (Å²) in [4.78, 5) is 36.1. The van der Waals surface area contributed by atoms with E-state index in [1.807, 2.05) is 36.4 Å². The molecule has 0 bridgehead atoms. The first kappa shape index (κ1) is 25.5. The van der Waals surface area contributed by atoms with Crippen LogP contribution in [0.25, 0.3) is 11.8 Å². The van der Waals surface area contributed by atoms with Gasteiger partial charge in [-0.05, 0) is 48.0 Å². The van der Waals surface area contributed by atoms with Crippen LogP contribution in [0.2, 0.25) is 0 Å². The Morgan fingerprint density at radius 2 is 1.55 bits per heavy atom. The van der Waals surface area contributed by atoms with Crippen molar-refractivity contribution in [1.29, 1.82) is 0 Å². The van der Waals surface area contributed by atoms with Crippen molar-refractivity contribution in [2.75, 3.05) is 0 Å². The molecule has 0 aliphatic rings. The summed E-state index contributed by atoms with van der Waals surface area (Å²) in [5.74, 6) is -1.05. The lowest BCUT2D eigenvalue weighted by atomic mass is 10.2. The fourth-order valence-electron chi connectivity index (χ4n) is 3.46. The maximum Gasteiger partial charge on any atom is 0.287 e. The Balaban J connectivity index is 1.49. The highest BCUT2D eigenvalue weighted by molar-refractivity contribution is 6.03. The number of hydrogen-bond acceptors (Lipinski definition) is 5. The molecule has 0 spiro atoms. The van der Waals surface area contributed by atoms with E-state index in [-0.39, 0.29) is 11.4 Å². The SMILES string of the molecule is O=C(N/N=C/c1cccn1-c1ccc([N+](=O)[O-])cc1)/C(=C/C=C/c1ccccc1)NC(=O)c1ccccc1. The molecule has 0 atom stereocenters. The van der Waals surface area contributed by atoms with Crippen LogP contribution >= 0.6 is 0 Å². The summed E-state index contributed by atoms with van der Waals surface area (Å²) in [5.41, 5.74) is 5.09. The van der Waals surface area contributed by atoms with E-state index in [2.05, 4.69) is 15.8 Å². The van der Waals surface area contributed by atoms with Gasteiger partial charge in [0.15, 0.2) is 0 Å². The molecule has 38 heavy (non-hydrogen) atoms. The van der Waals surface area contributed by atoms with Crippen LogP contribution in [-0.4, -0.2) is 27.5 Å². The largest absolute Gasteiger partial charge is 0.317 e. The number of aromatic nitrogens is 1. The summed E-state index contributed by atoms with van der Waals surface area (Å²) in [5, 5.41) is 17.6. The molecule has 188 valence electrons. The average molecular weight is 506 g/mol. The van der Waals surface area contributed by atoms with Crippen LogP contribution in [0.15, 0.2) is 126 Å². The van der Waals surface area contributed by atoms with Crippen molar-refractivity contribution >= 4 is 29.8 Å². The number of rotatable bonds is 9. The van der Waals surface area contributed by atoms with E-state index < -0.39 is 16.7 Å². The van der Waals surface area contributed by atoms with Gasteiger partial charge in [-0.25, -0.2) is 5.43 Å². The minimum atomic E-state index is -0.614. The van der Waals surface area contributed by atoms with E-state index >= 15 is 0 Å². The standard InChI is InChI=1S/C29H23N5O4/c35-28(23-12-5-2-6-13-23)31-27(15-7-11-22-9-3-1-4-10-22)29(36)32-30-21-26-14-8-20-33(26)24-16-18-25(19-17-24)34(37)38/h1-21H,(H,31,35)(H,32,36)/b11-7+,27-15-,30-21+. The third-order valence-electron chi connectivity index (χ3n) is 5.36. The number of benzene rings is 3. The van der Waals surface area contributed by atoms with Crippen LogP contribution in [0.4, 0.5) is 5.69 Å². The molecule has 0 aliphatic carbocycles. The molecule has 0 aliphatic heterocycles. The lowest BCUT2D eigenvalue weighted by Crippen LogP contribution is -2.32.